The van der Waals surface area contributed by atoms with E-state index < -0.39 is 0 Å². The fourth-order valence-electron chi connectivity index (χ4n) is 1.67. The first-order chi connectivity index (χ1) is 7.49. The summed E-state index contributed by atoms with van der Waals surface area (Å²) in [4.78, 5) is 15.0. The highest BCUT2D eigenvalue weighted by Gasteiger charge is 2.26. The minimum Gasteiger partial charge on any atom is -0.258 e. The van der Waals surface area contributed by atoms with Crippen LogP contribution in [0.15, 0.2) is 12.3 Å². The molecular weight excluding hydrogens is 272 g/mol. The molecule has 0 aliphatic heterocycles. The maximum Gasteiger partial charge on any atom is 0.293 e. The smallest absolute Gasteiger partial charge is 0.258 e. The van der Waals surface area contributed by atoms with E-state index >= 15 is 0 Å². The van der Waals surface area contributed by atoms with E-state index in [1.807, 2.05) is 13.8 Å². The molecule has 0 amide bonds. The second-order valence-corrected chi connectivity index (χ2v) is 5.01. The number of halogens is 1. The van der Waals surface area contributed by atoms with Crippen LogP contribution in [0.1, 0.15) is 37.4 Å². The molecule has 1 heterocycles. The van der Waals surface area contributed by atoms with Crippen molar-refractivity contribution in [3.63, 3.8) is 0 Å². The van der Waals surface area contributed by atoms with Crippen LogP contribution < -0.4 is 0 Å². The van der Waals surface area contributed by atoms with Gasteiger partial charge in [0, 0.05) is 22.5 Å². The molecule has 0 aromatic carbocycles. The third-order valence-electron chi connectivity index (χ3n) is 2.70. The lowest BCUT2D eigenvalue weighted by Crippen LogP contribution is -2.12. The molecule has 1 aromatic heterocycles. The first-order valence-electron chi connectivity index (χ1n) is 5.23. The zero-order chi connectivity index (χ0) is 12.3. The van der Waals surface area contributed by atoms with Gasteiger partial charge < -0.3 is 0 Å². The maximum absolute atomic E-state index is 11.0. The van der Waals surface area contributed by atoms with Crippen molar-refractivity contribution in [2.45, 2.75) is 37.9 Å². The minimum atomic E-state index is -0.344. The van der Waals surface area contributed by atoms with Crippen molar-refractivity contribution in [1.82, 2.24) is 4.98 Å². The molecular formula is C11H15BrN2O2. The van der Waals surface area contributed by atoms with Gasteiger partial charge in [0.25, 0.3) is 5.69 Å². The highest BCUT2D eigenvalue weighted by Crippen LogP contribution is 2.33. The highest BCUT2D eigenvalue weighted by molar-refractivity contribution is 9.09. The van der Waals surface area contributed by atoms with Crippen molar-refractivity contribution >= 4 is 21.6 Å². The SMILES string of the molecule is CCC(Br)C(C)c1nccc(C)c1[N+](=O)[O-]. The summed E-state index contributed by atoms with van der Waals surface area (Å²) in [5.74, 6) is 0.0327. The molecule has 0 saturated carbocycles. The van der Waals surface area contributed by atoms with E-state index in [1.54, 1.807) is 19.2 Å². The Balaban J connectivity index is 3.22. The normalized spacial score (nSPS) is 14.5. The fourth-order valence-corrected chi connectivity index (χ4v) is 1.92. The van der Waals surface area contributed by atoms with Crippen molar-refractivity contribution in [1.29, 1.82) is 0 Å². The number of hydrogen-bond donors (Lipinski definition) is 0. The first-order valence-corrected chi connectivity index (χ1v) is 6.14. The summed E-state index contributed by atoms with van der Waals surface area (Å²) in [6, 6.07) is 1.67. The molecule has 88 valence electrons. The molecule has 0 N–H and O–H groups in total. The van der Waals surface area contributed by atoms with Crippen molar-refractivity contribution in [3.8, 4) is 0 Å². The van der Waals surface area contributed by atoms with Crippen LogP contribution in [0, 0.1) is 17.0 Å². The predicted octanol–water partition coefficient (Wildman–Crippen LogP) is 3.58. The first kappa shape index (κ1) is 13.1. The largest absolute Gasteiger partial charge is 0.293 e. The Morgan fingerprint density at radius 3 is 2.75 bits per heavy atom. The second kappa shape index (κ2) is 5.39. The Labute approximate surface area is 103 Å². The molecule has 2 unspecified atom stereocenters. The van der Waals surface area contributed by atoms with Gasteiger partial charge in [0.05, 0.1) is 4.92 Å². The fraction of sp³-hybridized carbons (Fsp3) is 0.545. The molecule has 0 saturated heterocycles. The molecule has 4 nitrogen and oxygen atoms in total. The second-order valence-electron chi connectivity index (χ2n) is 3.83. The summed E-state index contributed by atoms with van der Waals surface area (Å²) in [7, 11) is 0. The Morgan fingerprint density at radius 2 is 2.25 bits per heavy atom. The summed E-state index contributed by atoms with van der Waals surface area (Å²) >= 11 is 3.52. The number of rotatable bonds is 4. The van der Waals surface area contributed by atoms with E-state index in [-0.39, 0.29) is 21.4 Å². The van der Waals surface area contributed by atoms with Gasteiger partial charge >= 0.3 is 0 Å². The minimum absolute atomic E-state index is 0.0327. The number of alkyl halides is 1. The van der Waals surface area contributed by atoms with Crippen LogP contribution in [0.3, 0.4) is 0 Å². The molecule has 0 spiro atoms. The Hall–Kier alpha value is -0.970. The average Bonchev–Trinajstić information content (AvgIpc) is 2.26. The monoisotopic (exact) mass is 286 g/mol. The van der Waals surface area contributed by atoms with E-state index in [0.29, 0.717) is 11.3 Å². The lowest BCUT2D eigenvalue weighted by Gasteiger charge is -2.16. The van der Waals surface area contributed by atoms with Gasteiger partial charge in [-0.3, -0.25) is 15.1 Å². The lowest BCUT2D eigenvalue weighted by atomic mass is 9.98. The number of aryl methyl sites for hydroxylation is 1. The molecule has 0 bridgehead atoms. The van der Waals surface area contributed by atoms with Gasteiger partial charge in [0.1, 0.15) is 5.69 Å². The zero-order valence-corrected chi connectivity index (χ0v) is 11.2. The third-order valence-corrected chi connectivity index (χ3v) is 4.14. The molecule has 0 aliphatic rings. The van der Waals surface area contributed by atoms with Crippen LogP contribution in [0.5, 0.6) is 0 Å². The third kappa shape index (κ3) is 2.58. The maximum atomic E-state index is 11.0. The molecule has 16 heavy (non-hydrogen) atoms. The number of nitrogens with zero attached hydrogens (tertiary/aromatic N) is 2. The van der Waals surface area contributed by atoms with Crippen LogP contribution in [0.25, 0.3) is 0 Å². The van der Waals surface area contributed by atoms with E-state index in [4.69, 9.17) is 0 Å². The number of nitro groups is 1. The molecule has 0 fully saturated rings. The van der Waals surface area contributed by atoms with Crippen molar-refractivity contribution in [2.24, 2.45) is 0 Å². The Morgan fingerprint density at radius 1 is 1.62 bits per heavy atom. The van der Waals surface area contributed by atoms with Gasteiger partial charge in [-0.15, -0.1) is 0 Å². The van der Waals surface area contributed by atoms with Crippen LogP contribution in [-0.4, -0.2) is 14.7 Å². The van der Waals surface area contributed by atoms with Gasteiger partial charge in [-0.25, -0.2) is 0 Å². The molecule has 0 aliphatic carbocycles. The van der Waals surface area contributed by atoms with E-state index in [1.165, 1.54) is 0 Å². The quantitative estimate of drug-likeness (QED) is 0.483. The summed E-state index contributed by atoms with van der Waals surface area (Å²) in [6.45, 7) is 5.74. The summed E-state index contributed by atoms with van der Waals surface area (Å²) in [5.41, 5.74) is 1.37. The van der Waals surface area contributed by atoms with Crippen LogP contribution in [-0.2, 0) is 0 Å². The average molecular weight is 287 g/mol. The van der Waals surface area contributed by atoms with Crippen LogP contribution in [0.4, 0.5) is 5.69 Å². The van der Waals surface area contributed by atoms with E-state index in [9.17, 15) is 10.1 Å². The summed E-state index contributed by atoms with van der Waals surface area (Å²) in [5, 5.41) is 11.0. The van der Waals surface area contributed by atoms with Crippen LogP contribution >= 0.6 is 15.9 Å². The highest BCUT2D eigenvalue weighted by atomic mass is 79.9. The standard InChI is InChI=1S/C11H15BrN2O2/c1-4-9(12)8(3)10-11(14(15)16)7(2)5-6-13-10/h5-6,8-9H,4H2,1-3H3. The molecule has 2 atom stereocenters. The topological polar surface area (TPSA) is 56.0 Å². The molecule has 1 rings (SSSR count). The van der Waals surface area contributed by atoms with Crippen LogP contribution in [0.2, 0.25) is 0 Å². The summed E-state index contributed by atoms with van der Waals surface area (Å²) < 4.78 is 0. The molecule has 0 radical (unpaired) electrons. The van der Waals surface area contributed by atoms with Crippen molar-refractivity contribution < 1.29 is 4.92 Å². The van der Waals surface area contributed by atoms with Gasteiger partial charge in [0.2, 0.25) is 0 Å². The Kier molecular flexibility index (Phi) is 4.41. The van der Waals surface area contributed by atoms with Crippen molar-refractivity contribution in [2.75, 3.05) is 0 Å². The zero-order valence-electron chi connectivity index (χ0n) is 9.61. The van der Waals surface area contributed by atoms with Gasteiger partial charge in [0.15, 0.2) is 0 Å². The van der Waals surface area contributed by atoms with Crippen molar-refractivity contribution in [3.05, 3.63) is 33.6 Å². The predicted molar refractivity (Wildman–Crippen MR) is 67.0 cm³/mol. The number of hydrogen-bond acceptors (Lipinski definition) is 3. The summed E-state index contributed by atoms with van der Waals surface area (Å²) in [6.07, 6.45) is 2.54. The van der Waals surface area contributed by atoms with E-state index in [2.05, 4.69) is 20.9 Å². The molecule has 1 aromatic rings. The number of aromatic nitrogens is 1. The van der Waals surface area contributed by atoms with Gasteiger partial charge in [-0.2, -0.15) is 0 Å². The Bertz CT molecular complexity index is 396. The number of pyridine rings is 1. The lowest BCUT2D eigenvalue weighted by molar-refractivity contribution is -0.386. The molecule has 5 heteroatoms. The van der Waals surface area contributed by atoms with Gasteiger partial charge in [-0.05, 0) is 19.4 Å². The van der Waals surface area contributed by atoms with Gasteiger partial charge in [-0.1, -0.05) is 29.8 Å². The van der Waals surface area contributed by atoms with E-state index in [0.717, 1.165) is 6.42 Å².